The number of cyclic esters (lactones) is 1. The Morgan fingerprint density at radius 3 is 2.30 bits per heavy atom. The first-order valence-corrected chi connectivity index (χ1v) is 20.5. The van der Waals surface area contributed by atoms with Crippen LogP contribution in [0.3, 0.4) is 0 Å². The maximum Gasteiger partial charge on any atom is 0.329 e. The first kappa shape index (κ1) is 45.9. The van der Waals surface area contributed by atoms with Gasteiger partial charge in [-0.05, 0) is 95.5 Å². The summed E-state index contributed by atoms with van der Waals surface area (Å²) >= 11 is 0. The number of fused-ring (bicyclic) bond motifs is 3. The predicted molar refractivity (Wildman–Crippen MR) is 208 cm³/mol. The van der Waals surface area contributed by atoms with Crippen molar-refractivity contribution in [3.05, 3.63) is 36.0 Å². The molecule has 4 rings (SSSR count). The number of carbonyl (C=O) groups is 4. The number of rotatable bonds is 6. The van der Waals surface area contributed by atoms with Crippen molar-refractivity contribution in [3.63, 3.8) is 0 Å². The van der Waals surface area contributed by atoms with E-state index in [-0.39, 0.29) is 49.5 Å². The molecule has 0 spiro atoms. The smallest absolute Gasteiger partial charge is 0.329 e. The molecule has 3 aliphatic heterocycles. The third kappa shape index (κ3) is 10.8. The lowest BCUT2D eigenvalue weighted by Gasteiger charge is -2.46. The van der Waals surface area contributed by atoms with E-state index in [1.54, 1.807) is 27.0 Å². The Balaban J connectivity index is 1.77. The molecule has 0 aromatic rings. The highest BCUT2D eigenvalue weighted by Crippen LogP contribution is 2.38. The first-order chi connectivity index (χ1) is 26.4. The van der Waals surface area contributed by atoms with E-state index in [1.165, 1.54) is 14.0 Å². The lowest BCUT2D eigenvalue weighted by atomic mass is 9.81. The molecule has 316 valence electrons. The molecule has 0 aromatic heterocycles. The number of piperidine rings is 1. The van der Waals surface area contributed by atoms with Crippen LogP contribution in [0, 0.1) is 29.6 Å². The van der Waals surface area contributed by atoms with Crippen LogP contribution in [0.4, 0.5) is 0 Å². The van der Waals surface area contributed by atoms with E-state index in [0.717, 1.165) is 10.5 Å². The van der Waals surface area contributed by atoms with Gasteiger partial charge in [0.15, 0.2) is 0 Å². The van der Waals surface area contributed by atoms with Gasteiger partial charge in [-0.3, -0.25) is 14.4 Å². The molecule has 1 amide bonds. The Labute approximate surface area is 332 Å². The minimum absolute atomic E-state index is 0.0192. The minimum Gasteiger partial charge on any atom is -0.456 e. The molecule has 4 aliphatic rings. The van der Waals surface area contributed by atoms with Crippen molar-refractivity contribution < 1.29 is 58.6 Å². The van der Waals surface area contributed by atoms with Crippen LogP contribution in [0.5, 0.6) is 0 Å². The SMILES string of the molecule is C=CC[C@@H]1C=C(C)C[C@H](C)C[C@H](OC)[C@H]2O[C@@](O)(C(=O)C(=O)N3CCCC[C@H]3C(=O)O[C@H](/C(C)=C/[C@@H]3CC[C@@H](O)[C@H](OC)C3)[C@H](C)[C@@H](O)CC1=O)[C@H](C)C[C@@H]2O. The highest BCUT2D eigenvalue weighted by atomic mass is 16.7. The monoisotopic (exact) mass is 789 g/mol. The van der Waals surface area contributed by atoms with E-state index >= 15 is 0 Å². The lowest BCUT2D eigenvalue weighted by Crippen LogP contribution is -2.64. The van der Waals surface area contributed by atoms with Crippen molar-refractivity contribution in [2.45, 2.75) is 160 Å². The van der Waals surface area contributed by atoms with Gasteiger partial charge in [0.05, 0.1) is 30.5 Å². The average molecular weight is 790 g/mol. The van der Waals surface area contributed by atoms with Crippen molar-refractivity contribution in [2.75, 3.05) is 20.8 Å². The van der Waals surface area contributed by atoms with Crippen LogP contribution in [0.2, 0.25) is 0 Å². The molecule has 3 fully saturated rings. The van der Waals surface area contributed by atoms with Crippen LogP contribution >= 0.6 is 0 Å². The molecule has 3 heterocycles. The summed E-state index contributed by atoms with van der Waals surface area (Å²) in [5, 5.41) is 45.1. The highest BCUT2D eigenvalue weighted by Gasteiger charge is 2.56. The van der Waals surface area contributed by atoms with Gasteiger partial charge < -0.3 is 44.3 Å². The van der Waals surface area contributed by atoms with Gasteiger partial charge in [0.25, 0.3) is 11.7 Å². The van der Waals surface area contributed by atoms with E-state index < -0.39 is 83.9 Å². The normalized spacial score (nSPS) is 40.6. The van der Waals surface area contributed by atoms with Gasteiger partial charge >= 0.3 is 5.97 Å². The van der Waals surface area contributed by atoms with E-state index in [1.807, 2.05) is 26.0 Å². The zero-order valence-corrected chi connectivity index (χ0v) is 34.4. The number of hydrogen-bond donors (Lipinski definition) is 4. The Hall–Kier alpha value is -2.78. The van der Waals surface area contributed by atoms with E-state index in [0.29, 0.717) is 56.9 Å². The van der Waals surface area contributed by atoms with Crippen LogP contribution in [-0.2, 0) is 38.1 Å². The second kappa shape index (κ2) is 20.3. The quantitative estimate of drug-likeness (QED) is 0.172. The minimum atomic E-state index is -2.59. The van der Waals surface area contributed by atoms with Crippen molar-refractivity contribution in [3.8, 4) is 0 Å². The molecular weight excluding hydrogens is 722 g/mol. The van der Waals surface area contributed by atoms with Crippen molar-refractivity contribution in [2.24, 2.45) is 29.6 Å². The number of aliphatic hydroxyl groups excluding tert-OH is 3. The summed E-state index contributed by atoms with van der Waals surface area (Å²) in [4.78, 5) is 57.4. The fourth-order valence-electron chi connectivity index (χ4n) is 9.22. The Morgan fingerprint density at radius 1 is 0.946 bits per heavy atom. The maximum atomic E-state index is 14.2. The fourth-order valence-corrected chi connectivity index (χ4v) is 9.22. The number of ether oxygens (including phenoxy) is 4. The number of ketones is 2. The van der Waals surface area contributed by atoms with Gasteiger partial charge in [0.1, 0.15) is 24.0 Å². The number of nitrogens with zero attached hydrogens (tertiary/aromatic N) is 1. The molecular formula is C43H67NO12. The Morgan fingerprint density at radius 2 is 1.64 bits per heavy atom. The van der Waals surface area contributed by atoms with Crippen LogP contribution in [0.25, 0.3) is 0 Å². The topological polar surface area (TPSA) is 189 Å². The summed E-state index contributed by atoms with van der Waals surface area (Å²) in [6.45, 7) is 12.9. The number of hydrogen-bond acceptors (Lipinski definition) is 12. The number of allylic oxidation sites excluding steroid dienone is 4. The van der Waals surface area contributed by atoms with Gasteiger partial charge in [-0.25, -0.2) is 4.79 Å². The average Bonchev–Trinajstić information content (AvgIpc) is 3.16. The van der Waals surface area contributed by atoms with Gasteiger partial charge in [-0.15, -0.1) is 6.58 Å². The summed E-state index contributed by atoms with van der Waals surface area (Å²) in [6.07, 6.45) is 3.43. The second-order valence-corrected chi connectivity index (χ2v) is 17.1. The van der Waals surface area contributed by atoms with Gasteiger partial charge in [-0.2, -0.15) is 0 Å². The van der Waals surface area contributed by atoms with Gasteiger partial charge in [0.2, 0.25) is 5.79 Å². The number of aliphatic hydroxyl groups is 4. The summed E-state index contributed by atoms with van der Waals surface area (Å²) < 4.78 is 23.6. The Kier molecular flexibility index (Phi) is 16.6. The number of esters is 1. The van der Waals surface area contributed by atoms with Crippen LogP contribution in [0.1, 0.15) is 105 Å². The summed E-state index contributed by atoms with van der Waals surface area (Å²) in [5.41, 5.74) is 1.56. The van der Waals surface area contributed by atoms with E-state index in [2.05, 4.69) is 6.58 Å². The molecule has 2 bridgehead atoms. The molecule has 14 atom stereocenters. The molecule has 1 saturated carbocycles. The molecule has 13 heteroatoms. The zero-order chi connectivity index (χ0) is 41.5. The number of carbonyl (C=O) groups excluding carboxylic acids is 4. The molecule has 0 aromatic carbocycles. The van der Waals surface area contributed by atoms with Crippen LogP contribution in [0.15, 0.2) is 36.0 Å². The summed E-state index contributed by atoms with van der Waals surface area (Å²) in [6, 6.07) is -1.17. The van der Waals surface area contributed by atoms with E-state index in [9.17, 15) is 39.6 Å². The summed E-state index contributed by atoms with van der Waals surface area (Å²) in [7, 11) is 3.01. The molecule has 56 heavy (non-hydrogen) atoms. The van der Waals surface area contributed by atoms with Crippen LogP contribution < -0.4 is 0 Å². The van der Waals surface area contributed by atoms with Gasteiger partial charge in [0, 0.05) is 44.9 Å². The molecule has 0 unspecified atom stereocenters. The maximum absolute atomic E-state index is 14.2. The third-order valence-electron chi connectivity index (χ3n) is 12.6. The largest absolute Gasteiger partial charge is 0.456 e. The Bertz CT molecular complexity index is 1460. The molecule has 1 aliphatic carbocycles. The standard InChI is InChI=1S/C43H67NO12/c1-9-12-30-18-24(2)17-25(3)19-37(54-8)39-35(48)21-27(5)43(52,56-39)40(49)41(50)44-16-11-10-13-31(44)42(51)55-38(28(6)33(46)23-34(30)47)26(4)20-29-14-15-32(45)36(22-29)53-7/h9,18,20,25,27-33,35-39,45-46,48,52H,1,10-17,19,21-23H2,2-8H3/b24-18?,26-20+/t25-,27+,28+,29-,30+,31-,32+,33-,35-,36+,37-,38+,39-,43+/m0/s1. The molecule has 13 nitrogen and oxygen atoms in total. The van der Waals surface area contributed by atoms with Gasteiger partial charge in [-0.1, -0.05) is 44.6 Å². The predicted octanol–water partition coefficient (Wildman–Crippen LogP) is 3.98. The molecule has 4 N–H and O–H groups in total. The van der Waals surface area contributed by atoms with Crippen molar-refractivity contribution in [1.29, 1.82) is 0 Å². The number of amides is 1. The fraction of sp³-hybridized carbons (Fsp3) is 0.767. The molecule has 0 radical (unpaired) electrons. The third-order valence-corrected chi connectivity index (χ3v) is 12.6. The molecule has 2 saturated heterocycles. The second-order valence-electron chi connectivity index (χ2n) is 17.1. The van der Waals surface area contributed by atoms with Crippen molar-refractivity contribution >= 4 is 23.4 Å². The summed E-state index contributed by atoms with van der Waals surface area (Å²) in [5.74, 6) is -8.21. The number of Topliss-reactive ketones (excluding diaryl/α,β-unsaturated/α-hetero) is 2. The highest BCUT2D eigenvalue weighted by molar-refractivity contribution is 6.39. The zero-order valence-electron chi connectivity index (χ0n) is 34.4. The van der Waals surface area contributed by atoms with E-state index in [4.69, 9.17) is 18.9 Å². The number of methoxy groups -OCH3 is 2. The lowest BCUT2D eigenvalue weighted by molar-refractivity contribution is -0.300. The van der Waals surface area contributed by atoms with Crippen molar-refractivity contribution in [1.82, 2.24) is 4.90 Å². The van der Waals surface area contributed by atoms with Crippen LogP contribution in [-0.4, -0.2) is 124 Å². The first-order valence-electron chi connectivity index (χ1n) is 20.5.